The Kier molecular flexibility index (Phi) is 6.35. The van der Waals surface area contributed by atoms with Crippen LogP contribution in [-0.2, 0) is 11.2 Å². The van der Waals surface area contributed by atoms with E-state index in [4.69, 9.17) is 0 Å². The first kappa shape index (κ1) is 16.8. The van der Waals surface area contributed by atoms with E-state index in [-0.39, 0.29) is 12.6 Å². The summed E-state index contributed by atoms with van der Waals surface area (Å²) in [7, 11) is 1.58. The van der Waals surface area contributed by atoms with E-state index in [1.807, 2.05) is 0 Å². The second-order valence-corrected chi connectivity index (χ2v) is 4.40. The molecule has 0 aromatic heterocycles. The van der Waals surface area contributed by atoms with E-state index in [0.717, 1.165) is 0 Å². The minimum absolute atomic E-state index is 0.171. The van der Waals surface area contributed by atoms with Crippen LogP contribution in [0.5, 0.6) is 0 Å². The molecular weight excluding hydrogens is 281 g/mol. The van der Waals surface area contributed by atoms with Gasteiger partial charge in [-0.2, -0.15) is 8.78 Å². The smallest absolute Gasteiger partial charge is 0.330 e. The zero-order chi connectivity index (χ0) is 15.2. The summed E-state index contributed by atoms with van der Waals surface area (Å²) >= 11 is 0. The lowest BCUT2D eigenvalue weighted by molar-refractivity contribution is -0.166. The third-order valence-corrected chi connectivity index (χ3v) is 2.71. The van der Waals surface area contributed by atoms with E-state index in [2.05, 4.69) is 10.1 Å². The van der Waals surface area contributed by atoms with Gasteiger partial charge in [-0.05, 0) is 31.2 Å². The van der Waals surface area contributed by atoms with Crippen LogP contribution in [0.1, 0.15) is 5.56 Å². The summed E-state index contributed by atoms with van der Waals surface area (Å²) in [6.07, 6.45) is -3.41. The van der Waals surface area contributed by atoms with Crippen LogP contribution < -0.4 is 5.32 Å². The summed E-state index contributed by atoms with van der Waals surface area (Å²) < 4.78 is 66.7. The lowest BCUT2D eigenvalue weighted by Crippen LogP contribution is -2.37. The summed E-state index contributed by atoms with van der Waals surface area (Å²) in [5, 5.41) is 2.81. The highest BCUT2D eigenvalue weighted by Crippen LogP contribution is 2.22. The highest BCUT2D eigenvalue weighted by atomic mass is 19.3. The molecule has 0 fully saturated rings. The molecule has 2 nitrogen and oxygen atoms in total. The summed E-state index contributed by atoms with van der Waals surface area (Å²) in [5.41, 5.74) is 0.661. The highest BCUT2D eigenvalue weighted by Gasteiger charge is 2.41. The number of rotatable bonds is 8. The van der Waals surface area contributed by atoms with Gasteiger partial charge in [0.15, 0.2) is 0 Å². The van der Waals surface area contributed by atoms with Crippen LogP contribution >= 0.6 is 0 Å². The average Bonchev–Trinajstić information content (AvgIpc) is 2.37. The molecule has 20 heavy (non-hydrogen) atoms. The van der Waals surface area contributed by atoms with Crippen molar-refractivity contribution in [2.45, 2.75) is 24.8 Å². The topological polar surface area (TPSA) is 21.3 Å². The Labute approximate surface area is 113 Å². The van der Waals surface area contributed by atoms with E-state index in [9.17, 15) is 22.0 Å². The third kappa shape index (κ3) is 5.42. The first-order valence-corrected chi connectivity index (χ1v) is 6.00. The summed E-state index contributed by atoms with van der Waals surface area (Å²) in [4.78, 5) is 0. The number of halogens is 5. The molecule has 0 spiro atoms. The number of hydrogen-bond acceptors (Lipinski definition) is 2. The van der Waals surface area contributed by atoms with Crippen LogP contribution in [0.25, 0.3) is 0 Å². The molecule has 0 aliphatic carbocycles. The zero-order valence-electron chi connectivity index (χ0n) is 10.9. The molecule has 1 rings (SSSR count). The second kappa shape index (κ2) is 7.54. The van der Waals surface area contributed by atoms with E-state index < -0.39 is 24.8 Å². The van der Waals surface area contributed by atoms with E-state index >= 15 is 0 Å². The molecule has 1 atom stereocenters. The molecule has 0 heterocycles. The minimum Gasteiger partial charge on any atom is -0.373 e. The van der Waals surface area contributed by atoms with E-state index in [1.54, 1.807) is 13.1 Å². The van der Waals surface area contributed by atoms with Gasteiger partial charge >= 0.3 is 12.3 Å². The van der Waals surface area contributed by atoms with Gasteiger partial charge in [-0.1, -0.05) is 12.1 Å². The molecule has 0 saturated carbocycles. The van der Waals surface area contributed by atoms with Gasteiger partial charge in [0.25, 0.3) is 0 Å². The summed E-state index contributed by atoms with van der Waals surface area (Å²) in [6, 6.07) is 5.45. The first-order chi connectivity index (χ1) is 9.35. The molecule has 0 amide bonds. The summed E-state index contributed by atoms with van der Waals surface area (Å²) in [6.45, 7) is -1.51. The standard InChI is InChI=1S/C13H16F5NO/c1-19-11(6-9-3-2-4-10(14)5-9)7-20-8-13(17,18)12(15)16/h2-5,11-12,19H,6-8H2,1H3. The van der Waals surface area contributed by atoms with Gasteiger partial charge < -0.3 is 10.1 Å². The van der Waals surface area contributed by atoms with E-state index in [0.29, 0.717) is 12.0 Å². The Bertz CT molecular complexity index is 414. The zero-order valence-corrected chi connectivity index (χ0v) is 10.9. The summed E-state index contributed by atoms with van der Waals surface area (Å²) in [5.74, 6) is -4.56. The van der Waals surface area contributed by atoms with Crippen molar-refractivity contribution in [1.29, 1.82) is 0 Å². The fourth-order valence-electron chi connectivity index (χ4n) is 1.59. The van der Waals surface area contributed by atoms with Crippen LogP contribution in [0.15, 0.2) is 24.3 Å². The maximum atomic E-state index is 13.0. The van der Waals surface area contributed by atoms with Gasteiger partial charge in [-0.25, -0.2) is 13.2 Å². The molecule has 1 aromatic carbocycles. The molecule has 1 N–H and O–H groups in total. The van der Waals surface area contributed by atoms with Gasteiger partial charge in [0, 0.05) is 6.04 Å². The quantitative estimate of drug-likeness (QED) is 0.745. The van der Waals surface area contributed by atoms with Crippen LogP contribution in [-0.4, -0.2) is 38.7 Å². The number of alkyl halides is 4. The van der Waals surface area contributed by atoms with Crippen molar-refractivity contribution >= 4 is 0 Å². The molecular formula is C13H16F5NO. The largest absolute Gasteiger partial charge is 0.373 e. The average molecular weight is 297 g/mol. The monoisotopic (exact) mass is 297 g/mol. The number of benzene rings is 1. The minimum atomic E-state index is -4.16. The lowest BCUT2D eigenvalue weighted by atomic mass is 10.1. The second-order valence-electron chi connectivity index (χ2n) is 4.40. The van der Waals surface area contributed by atoms with Crippen molar-refractivity contribution in [2.24, 2.45) is 0 Å². The number of ether oxygens (including phenoxy) is 1. The molecule has 0 aliphatic heterocycles. The maximum Gasteiger partial charge on any atom is 0.330 e. The molecule has 7 heteroatoms. The van der Waals surface area contributed by atoms with Crippen LogP contribution in [0.4, 0.5) is 22.0 Å². The highest BCUT2D eigenvalue weighted by molar-refractivity contribution is 5.17. The molecule has 1 aromatic rings. The van der Waals surface area contributed by atoms with Gasteiger partial charge in [0.2, 0.25) is 0 Å². The fraction of sp³-hybridized carbons (Fsp3) is 0.538. The van der Waals surface area contributed by atoms with E-state index in [1.165, 1.54) is 18.2 Å². The molecule has 0 aliphatic rings. The molecule has 114 valence electrons. The predicted octanol–water partition coefficient (Wildman–Crippen LogP) is 2.87. The number of likely N-dealkylation sites (N-methyl/N-ethyl adjacent to an activating group) is 1. The number of nitrogens with one attached hydrogen (secondary N) is 1. The van der Waals surface area contributed by atoms with Gasteiger partial charge in [0.05, 0.1) is 6.61 Å². The van der Waals surface area contributed by atoms with Gasteiger partial charge in [-0.15, -0.1) is 0 Å². The fourth-order valence-corrected chi connectivity index (χ4v) is 1.59. The molecule has 0 saturated heterocycles. The Morgan fingerprint density at radius 1 is 1.30 bits per heavy atom. The van der Waals surface area contributed by atoms with Crippen molar-refractivity contribution in [3.63, 3.8) is 0 Å². The van der Waals surface area contributed by atoms with Crippen LogP contribution in [0.3, 0.4) is 0 Å². The van der Waals surface area contributed by atoms with Crippen molar-refractivity contribution in [3.8, 4) is 0 Å². The first-order valence-electron chi connectivity index (χ1n) is 6.00. The SMILES string of the molecule is CNC(COCC(F)(F)C(F)F)Cc1cccc(F)c1. The van der Waals surface area contributed by atoms with Crippen LogP contribution in [0, 0.1) is 5.82 Å². The van der Waals surface area contributed by atoms with Crippen molar-refractivity contribution in [2.75, 3.05) is 20.3 Å². The Hall–Kier alpha value is -1.21. The lowest BCUT2D eigenvalue weighted by Gasteiger charge is -2.19. The third-order valence-electron chi connectivity index (χ3n) is 2.71. The Morgan fingerprint density at radius 2 is 2.00 bits per heavy atom. The van der Waals surface area contributed by atoms with Gasteiger partial charge in [0.1, 0.15) is 12.4 Å². The van der Waals surface area contributed by atoms with Crippen molar-refractivity contribution < 1.29 is 26.7 Å². The van der Waals surface area contributed by atoms with Gasteiger partial charge in [-0.3, -0.25) is 0 Å². The molecule has 1 unspecified atom stereocenters. The predicted molar refractivity (Wildman–Crippen MR) is 64.7 cm³/mol. The molecule has 0 bridgehead atoms. The number of hydrogen-bond donors (Lipinski definition) is 1. The van der Waals surface area contributed by atoms with Crippen molar-refractivity contribution in [3.05, 3.63) is 35.6 Å². The Balaban J connectivity index is 2.44. The normalized spacial score (nSPS) is 13.8. The molecule has 0 radical (unpaired) electrons. The Morgan fingerprint density at radius 3 is 2.55 bits per heavy atom. The van der Waals surface area contributed by atoms with Crippen LogP contribution in [0.2, 0.25) is 0 Å². The maximum absolute atomic E-state index is 13.0. The van der Waals surface area contributed by atoms with Crippen molar-refractivity contribution in [1.82, 2.24) is 5.32 Å².